The lowest BCUT2D eigenvalue weighted by Crippen LogP contribution is -2.35. The summed E-state index contributed by atoms with van der Waals surface area (Å²) in [5.41, 5.74) is 5.91. The van der Waals surface area contributed by atoms with Crippen LogP contribution in [0.15, 0.2) is 29.2 Å². The van der Waals surface area contributed by atoms with Crippen LogP contribution in [-0.4, -0.2) is 37.5 Å². The van der Waals surface area contributed by atoms with Gasteiger partial charge in [-0.15, -0.1) is 0 Å². The van der Waals surface area contributed by atoms with E-state index in [1.807, 2.05) is 0 Å². The summed E-state index contributed by atoms with van der Waals surface area (Å²) in [5.74, 6) is 0.246. The van der Waals surface area contributed by atoms with Crippen molar-refractivity contribution in [3.63, 3.8) is 0 Å². The smallest absolute Gasteiger partial charge is 0.244 e. The molecule has 0 saturated heterocycles. The molecule has 5 nitrogen and oxygen atoms in total. The van der Waals surface area contributed by atoms with E-state index in [2.05, 4.69) is 0 Å². The van der Waals surface area contributed by atoms with Gasteiger partial charge in [-0.25, -0.2) is 8.42 Å². The van der Waals surface area contributed by atoms with Gasteiger partial charge in [-0.2, -0.15) is 4.31 Å². The zero-order valence-corrected chi connectivity index (χ0v) is 11.1. The fraction of sp³-hybridized carbons (Fsp3) is 0.500. The second kappa shape index (κ2) is 4.87. The molecule has 18 heavy (non-hydrogen) atoms. The molecule has 1 atom stereocenters. The highest BCUT2D eigenvalue weighted by Gasteiger charge is 2.33. The number of sulfonamides is 1. The summed E-state index contributed by atoms with van der Waals surface area (Å²) in [7, 11) is -2.16. The molecule has 0 unspecified atom stereocenters. The number of para-hydroxylation sites is 1. The van der Waals surface area contributed by atoms with Crippen LogP contribution in [0.2, 0.25) is 0 Å². The zero-order chi connectivity index (χ0) is 13.3. The van der Waals surface area contributed by atoms with E-state index in [9.17, 15) is 13.5 Å². The van der Waals surface area contributed by atoms with Crippen molar-refractivity contribution < 1.29 is 13.5 Å². The number of hydrogen-bond acceptors (Lipinski definition) is 4. The van der Waals surface area contributed by atoms with Crippen molar-refractivity contribution in [2.45, 2.75) is 23.8 Å². The first-order valence-corrected chi connectivity index (χ1v) is 7.36. The van der Waals surface area contributed by atoms with Gasteiger partial charge in [-0.1, -0.05) is 12.1 Å². The van der Waals surface area contributed by atoms with E-state index in [-0.39, 0.29) is 23.0 Å². The molecule has 100 valence electrons. The number of nitrogens with two attached hydrogens (primary N) is 1. The van der Waals surface area contributed by atoms with Crippen LogP contribution in [0.3, 0.4) is 0 Å². The summed E-state index contributed by atoms with van der Waals surface area (Å²) in [5, 5.41) is 9.80. The number of benzene rings is 1. The molecule has 6 heteroatoms. The van der Waals surface area contributed by atoms with Crippen molar-refractivity contribution >= 4 is 15.7 Å². The Kier molecular flexibility index (Phi) is 3.61. The average molecular weight is 270 g/mol. The first-order valence-electron chi connectivity index (χ1n) is 5.92. The molecule has 0 aromatic heterocycles. The molecule has 0 amide bonds. The van der Waals surface area contributed by atoms with Crippen molar-refractivity contribution in [2.24, 2.45) is 5.92 Å². The van der Waals surface area contributed by atoms with E-state index in [1.54, 1.807) is 18.2 Å². The summed E-state index contributed by atoms with van der Waals surface area (Å²) < 4.78 is 25.7. The molecule has 0 bridgehead atoms. The van der Waals surface area contributed by atoms with Gasteiger partial charge in [0.1, 0.15) is 4.90 Å². The fourth-order valence-electron chi connectivity index (χ4n) is 1.87. The minimum absolute atomic E-state index is 0.0931. The van der Waals surface area contributed by atoms with Crippen molar-refractivity contribution in [1.29, 1.82) is 0 Å². The maximum absolute atomic E-state index is 12.3. The fourth-order valence-corrected chi connectivity index (χ4v) is 3.18. The van der Waals surface area contributed by atoms with Crippen molar-refractivity contribution in [3.8, 4) is 0 Å². The van der Waals surface area contributed by atoms with Gasteiger partial charge in [0.25, 0.3) is 0 Å². The van der Waals surface area contributed by atoms with E-state index >= 15 is 0 Å². The Morgan fingerprint density at radius 2 is 2.06 bits per heavy atom. The standard InChI is InChI=1S/C12H18N2O3S/c1-14(8-11(15)9-6-7-9)18(16,17)12-5-3-2-4-10(12)13/h2-5,9,11,15H,6-8,13H2,1H3/t11-/m0/s1. The lowest BCUT2D eigenvalue weighted by atomic mass is 10.2. The van der Waals surface area contributed by atoms with Gasteiger partial charge in [-0.3, -0.25) is 0 Å². The Bertz CT molecular complexity index is 526. The van der Waals surface area contributed by atoms with Crippen LogP contribution in [0, 0.1) is 5.92 Å². The highest BCUT2D eigenvalue weighted by Crippen LogP contribution is 2.33. The summed E-state index contributed by atoms with van der Waals surface area (Å²) in [4.78, 5) is 0.0931. The molecule has 1 saturated carbocycles. The maximum Gasteiger partial charge on any atom is 0.244 e. The summed E-state index contributed by atoms with van der Waals surface area (Å²) >= 11 is 0. The Morgan fingerprint density at radius 1 is 1.44 bits per heavy atom. The van der Waals surface area contributed by atoms with E-state index < -0.39 is 16.1 Å². The number of aliphatic hydroxyl groups excluding tert-OH is 1. The molecule has 0 heterocycles. The number of likely N-dealkylation sites (N-methyl/N-ethyl adjacent to an activating group) is 1. The number of nitrogens with zero attached hydrogens (tertiary/aromatic N) is 1. The van der Waals surface area contributed by atoms with Gasteiger partial charge in [0.15, 0.2) is 0 Å². The predicted molar refractivity (Wildman–Crippen MR) is 69.4 cm³/mol. The largest absolute Gasteiger partial charge is 0.398 e. The van der Waals surface area contributed by atoms with Crippen LogP contribution in [0.5, 0.6) is 0 Å². The summed E-state index contributed by atoms with van der Waals surface area (Å²) in [6, 6.07) is 6.35. The van der Waals surface area contributed by atoms with Gasteiger partial charge in [0, 0.05) is 13.6 Å². The molecule has 0 aliphatic heterocycles. The molecule has 0 radical (unpaired) electrons. The second-order valence-corrected chi connectivity index (χ2v) is 6.74. The van der Waals surface area contributed by atoms with Crippen molar-refractivity contribution in [2.75, 3.05) is 19.3 Å². The molecule has 2 rings (SSSR count). The maximum atomic E-state index is 12.3. The highest BCUT2D eigenvalue weighted by atomic mass is 32.2. The third-order valence-corrected chi connectivity index (χ3v) is 5.11. The molecular formula is C12H18N2O3S. The first-order chi connectivity index (χ1) is 8.43. The van der Waals surface area contributed by atoms with Crippen molar-refractivity contribution in [3.05, 3.63) is 24.3 Å². The lowest BCUT2D eigenvalue weighted by molar-refractivity contribution is 0.131. The van der Waals surface area contributed by atoms with Crippen LogP contribution in [0.4, 0.5) is 5.69 Å². The summed E-state index contributed by atoms with van der Waals surface area (Å²) in [6.07, 6.45) is 1.36. The first kappa shape index (κ1) is 13.3. The normalized spacial score (nSPS) is 17.9. The molecule has 0 spiro atoms. The quantitative estimate of drug-likeness (QED) is 0.770. The van der Waals surface area contributed by atoms with Crippen LogP contribution >= 0.6 is 0 Å². The molecule has 1 aromatic carbocycles. The van der Waals surface area contributed by atoms with Crippen LogP contribution in [0.25, 0.3) is 0 Å². The van der Waals surface area contributed by atoms with Gasteiger partial charge in [0.05, 0.1) is 11.8 Å². The SMILES string of the molecule is CN(C[C@H](O)C1CC1)S(=O)(=O)c1ccccc1N. The third-order valence-electron chi connectivity index (χ3n) is 3.22. The third kappa shape index (κ3) is 2.66. The van der Waals surface area contributed by atoms with E-state index in [0.717, 1.165) is 12.8 Å². The second-order valence-electron chi connectivity index (χ2n) is 4.73. The van der Waals surface area contributed by atoms with Gasteiger partial charge >= 0.3 is 0 Å². The Balaban J connectivity index is 2.17. The number of nitrogen functional groups attached to an aromatic ring is 1. The molecule has 1 aliphatic rings. The van der Waals surface area contributed by atoms with Crippen LogP contribution < -0.4 is 5.73 Å². The molecule has 1 fully saturated rings. The Labute approximate surface area is 107 Å². The molecular weight excluding hydrogens is 252 g/mol. The highest BCUT2D eigenvalue weighted by molar-refractivity contribution is 7.89. The monoisotopic (exact) mass is 270 g/mol. The molecule has 1 aromatic rings. The van der Waals surface area contributed by atoms with E-state index in [0.29, 0.717) is 0 Å². The van der Waals surface area contributed by atoms with Gasteiger partial charge in [0.2, 0.25) is 10.0 Å². The zero-order valence-electron chi connectivity index (χ0n) is 10.3. The van der Waals surface area contributed by atoms with Gasteiger partial charge in [-0.05, 0) is 30.9 Å². The molecule has 3 N–H and O–H groups in total. The Morgan fingerprint density at radius 3 is 2.61 bits per heavy atom. The lowest BCUT2D eigenvalue weighted by Gasteiger charge is -2.21. The minimum atomic E-state index is -3.62. The van der Waals surface area contributed by atoms with Crippen LogP contribution in [-0.2, 0) is 10.0 Å². The van der Waals surface area contributed by atoms with Crippen LogP contribution in [0.1, 0.15) is 12.8 Å². The minimum Gasteiger partial charge on any atom is -0.398 e. The number of rotatable bonds is 5. The number of anilines is 1. The predicted octanol–water partition coefficient (Wildman–Crippen LogP) is 0.660. The number of hydrogen-bond donors (Lipinski definition) is 2. The van der Waals surface area contributed by atoms with E-state index in [4.69, 9.17) is 5.73 Å². The Hall–Kier alpha value is -1.11. The van der Waals surface area contributed by atoms with E-state index in [1.165, 1.54) is 17.4 Å². The average Bonchev–Trinajstić information content (AvgIpc) is 3.12. The topological polar surface area (TPSA) is 83.6 Å². The molecule has 1 aliphatic carbocycles. The summed E-state index contributed by atoms with van der Waals surface area (Å²) in [6.45, 7) is 0.112. The van der Waals surface area contributed by atoms with Crippen molar-refractivity contribution in [1.82, 2.24) is 4.31 Å². The van der Waals surface area contributed by atoms with Gasteiger partial charge < -0.3 is 10.8 Å². The number of aliphatic hydroxyl groups is 1.